The van der Waals surface area contributed by atoms with Crippen LogP contribution in [-0.4, -0.2) is 59.3 Å². The molecule has 0 radical (unpaired) electrons. The lowest BCUT2D eigenvalue weighted by Crippen LogP contribution is -2.48. The maximum Gasteiger partial charge on any atom is 0.317 e. The largest absolute Gasteiger partial charge is 0.480 e. The molecule has 1 unspecified atom stereocenters. The second-order valence-electron chi connectivity index (χ2n) is 9.25. The van der Waals surface area contributed by atoms with E-state index in [1.807, 2.05) is 36.4 Å². The summed E-state index contributed by atoms with van der Waals surface area (Å²) < 4.78 is 0. The highest BCUT2D eigenvalue weighted by atomic mass is 32.1. The highest BCUT2D eigenvalue weighted by molar-refractivity contribution is 7.14. The molecule has 1 saturated heterocycles. The molecular weight excluding hydrogens is 502 g/mol. The number of carbonyl (C=O) groups is 3. The lowest BCUT2D eigenvalue weighted by molar-refractivity contribution is -0.138. The Kier molecular flexibility index (Phi) is 8.88. The minimum Gasteiger partial charge on any atom is -0.480 e. The first kappa shape index (κ1) is 27.0. The third kappa shape index (κ3) is 6.84. The van der Waals surface area contributed by atoms with E-state index in [1.54, 1.807) is 11.0 Å². The van der Waals surface area contributed by atoms with Crippen molar-refractivity contribution in [3.8, 4) is 0 Å². The van der Waals surface area contributed by atoms with Crippen LogP contribution in [0.1, 0.15) is 38.8 Å². The summed E-state index contributed by atoms with van der Waals surface area (Å²) in [6.07, 6.45) is 1.21. The molecular formula is C28H31N5O4S. The average molecular weight is 534 g/mol. The van der Waals surface area contributed by atoms with Crippen LogP contribution in [0.15, 0.2) is 66.7 Å². The number of rotatable bonds is 11. The van der Waals surface area contributed by atoms with E-state index < -0.39 is 12.0 Å². The van der Waals surface area contributed by atoms with Crippen LogP contribution in [0.25, 0.3) is 0 Å². The van der Waals surface area contributed by atoms with Crippen LogP contribution in [0.5, 0.6) is 0 Å². The predicted molar refractivity (Wildman–Crippen MR) is 146 cm³/mol. The number of likely N-dealkylation sites (tertiary alicyclic amines) is 1. The fourth-order valence-electron chi connectivity index (χ4n) is 4.78. The topological polar surface area (TPSA) is 149 Å². The van der Waals surface area contributed by atoms with Crippen molar-refractivity contribution in [3.05, 3.63) is 93.2 Å². The molecule has 0 bridgehead atoms. The molecule has 2 amide bonds. The number of carboxylic acid groups (broad SMARTS) is 1. The average Bonchev–Trinajstić information content (AvgIpc) is 3.56. The normalized spacial score (nSPS) is 16.8. The Morgan fingerprint density at radius 3 is 2.47 bits per heavy atom. The Morgan fingerprint density at radius 2 is 1.76 bits per heavy atom. The van der Waals surface area contributed by atoms with Gasteiger partial charge in [0.1, 0.15) is 11.9 Å². The Morgan fingerprint density at radius 1 is 1.03 bits per heavy atom. The molecule has 2 heterocycles. The van der Waals surface area contributed by atoms with Crippen molar-refractivity contribution in [2.75, 3.05) is 19.6 Å². The standard InChI is InChI=1S/C28H31N5O4S/c29-27(30)24-11-10-21(38-24)14-32-28(37)23-13-20(17-33(23)25(34)15-31-16-26(35)36)22-9-5-4-8-19(22)12-18-6-2-1-3-7-18/h1-11,20,23,31H,12-17H2,(H3,29,30)(H,32,37)(H,35,36)/t20?,23-/m0/s1. The quantitative estimate of drug-likeness (QED) is 0.189. The molecule has 1 aliphatic heterocycles. The Balaban J connectivity index is 1.51. The van der Waals surface area contributed by atoms with Crippen molar-refractivity contribution in [1.29, 1.82) is 5.41 Å². The first-order valence-corrected chi connectivity index (χ1v) is 13.2. The first-order valence-electron chi connectivity index (χ1n) is 12.4. The summed E-state index contributed by atoms with van der Waals surface area (Å²) in [5, 5.41) is 22.0. The molecule has 10 heteroatoms. The number of carboxylic acids is 1. The summed E-state index contributed by atoms with van der Waals surface area (Å²) >= 11 is 1.34. The minimum atomic E-state index is -1.05. The van der Waals surface area contributed by atoms with Gasteiger partial charge in [0.05, 0.1) is 24.5 Å². The number of hydrogen-bond acceptors (Lipinski definition) is 6. The molecule has 4 rings (SSSR count). The molecule has 1 fully saturated rings. The molecule has 9 nitrogen and oxygen atoms in total. The lowest BCUT2D eigenvalue weighted by Gasteiger charge is -2.24. The molecule has 2 atom stereocenters. The molecule has 0 aliphatic carbocycles. The monoisotopic (exact) mass is 533 g/mol. The van der Waals surface area contributed by atoms with Gasteiger partial charge in [-0.3, -0.25) is 25.1 Å². The van der Waals surface area contributed by atoms with Crippen molar-refractivity contribution in [3.63, 3.8) is 0 Å². The van der Waals surface area contributed by atoms with Gasteiger partial charge in [-0.05, 0) is 41.7 Å². The Hall–Kier alpha value is -4.02. The highest BCUT2D eigenvalue weighted by Gasteiger charge is 2.40. The van der Waals surface area contributed by atoms with Crippen LogP contribution in [0.4, 0.5) is 0 Å². The SMILES string of the molecule is N=C(N)c1ccc(CNC(=O)[C@@H]2CC(c3ccccc3Cc3ccccc3)CN2C(=O)CNCC(=O)O)s1. The van der Waals surface area contributed by atoms with Gasteiger partial charge in [-0.2, -0.15) is 0 Å². The molecule has 1 aliphatic rings. The van der Waals surface area contributed by atoms with Crippen LogP contribution in [-0.2, 0) is 27.3 Å². The van der Waals surface area contributed by atoms with Crippen molar-refractivity contribution < 1.29 is 19.5 Å². The second-order valence-corrected chi connectivity index (χ2v) is 10.4. The van der Waals surface area contributed by atoms with Crippen LogP contribution >= 0.6 is 11.3 Å². The number of amides is 2. The van der Waals surface area contributed by atoms with Crippen molar-refractivity contribution in [2.24, 2.45) is 5.73 Å². The van der Waals surface area contributed by atoms with Gasteiger partial charge >= 0.3 is 5.97 Å². The smallest absolute Gasteiger partial charge is 0.317 e. The van der Waals surface area contributed by atoms with Gasteiger partial charge in [-0.15, -0.1) is 11.3 Å². The maximum absolute atomic E-state index is 13.3. The number of nitrogen functional groups attached to an aromatic ring is 1. The van der Waals surface area contributed by atoms with E-state index in [1.165, 1.54) is 16.9 Å². The highest BCUT2D eigenvalue weighted by Crippen LogP contribution is 2.34. The molecule has 0 spiro atoms. The van der Waals surface area contributed by atoms with E-state index in [2.05, 4.69) is 34.9 Å². The molecule has 3 aromatic rings. The van der Waals surface area contributed by atoms with Gasteiger partial charge in [-0.25, -0.2) is 0 Å². The molecule has 0 saturated carbocycles. The van der Waals surface area contributed by atoms with Gasteiger partial charge in [-0.1, -0.05) is 54.6 Å². The fraction of sp³-hybridized carbons (Fsp3) is 0.286. The number of carbonyl (C=O) groups excluding carboxylic acids is 2. The van der Waals surface area contributed by atoms with E-state index in [4.69, 9.17) is 16.2 Å². The first-order chi connectivity index (χ1) is 18.3. The van der Waals surface area contributed by atoms with Gasteiger partial charge in [0.2, 0.25) is 11.8 Å². The number of nitrogens with two attached hydrogens (primary N) is 1. The third-order valence-corrected chi connectivity index (χ3v) is 7.69. The Labute approximate surface area is 225 Å². The number of benzene rings is 2. The number of aliphatic carboxylic acids is 1. The van der Waals surface area contributed by atoms with E-state index in [9.17, 15) is 14.4 Å². The molecule has 2 aromatic carbocycles. The molecule has 38 heavy (non-hydrogen) atoms. The molecule has 1 aromatic heterocycles. The van der Waals surface area contributed by atoms with Crippen LogP contribution < -0.4 is 16.4 Å². The zero-order chi connectivity index (χ0) is 27.1. The summed E-state index contributed by atoms with van der Waals surface area (Å²) in [5.41, 5.74) is 8.98. The van der Waals surface area contributed by atoms with Gasteiger partial charge in [0, 0.05) is 17.3 Å². The van der Waals surface area contributed by atoms with Crippen molar-refractivity contribution >= 4 is 35.0 Å². The predicted octanol–water partition coefficient (Wildman–Crippen LogP) is 2.30. The molecule has 198 valence electrons. The van der Waals surface area contributed by atoms with E-state index in [-0.39, 0.29) is 43.2 Å². The summed E-state index contributed by atoms with van der Waals surface area (Å²) in [6.45, 7) is 0.130. The number of nitrogens with one attached hydrogen (secondary N) is 3. The van der Waals surface area contributed by atoms with Gasteiger partial charge < -0.3 is 21.1 Å². The number of thiophene rings is 1. The van der Waals surface area contributed by atoms with E-state index >= 15 is 0 Å². The second kappa shape index (κ2) is 12.5. The lowest BCUT2D eigenvalue weighted by atomic mass is 9.89. The van der Waals surface area contributed by atoms with Crippen molar-refractivity contribution in [1.82, 2.24) is 15.5 Å². The number of nitrogens with zero attached hydrogens (tertiary/aromatic N) is 1. The maximum atomic E-state index is 13.3. The van der Waals surface area contributed by atoms with E-state index in [0.717, 1.165) is 22.4 Å². The van der Waals surface area contributed by atoms with Crippen LogP contribution in [0.3, 0.4) is 0 Å². The minimum absolute atomic E-state index is 0.0222. The van der Waals surface area contributed by atoms with E-state index in [0.29, 0.717) is 17.8 Å². The summed E-state index contributed by atoms with van der Waals surface area (Å²) in [6, 6.07) is 21.1. The number of amidine groups is 1. The Bertz CT molecular complexity index is 1310. The van der Waals surface area contributed by atoms with Gasteiger partial charge in [0.25, 0.3) is 0 Å². The van der Waals surface area contributed by atoms with Crippen molar-refractivity contribution in [2.45, 2.75) is 31.3 Å². The zero-order valence-corrected chi connectivity index (χ0v) is 21.7. The van der Waals surface area contributed by atoms with Crippen LogP contribution in [0, 0.1) is 5.41 Å². The summed E-state index contributed by atoms with van der Waals surface area (Å²) in [7, 11) is 0. The number of hydrogen-bond donors (Lipinski definition) is 5. The molecule has 6 N–H and O–H groups in total. The summed E-state index contributed by atoms with van der Waals surface area (Å²) in [4.78, 5) is 40.4. The fourth-order valence-corrected chi connectivity index (χ4v) is 5.59. The van der Waals surface area contributed by atoms with Gasteiger partial charge in [0.15, 0.2) is 0 Å². The van der Waals surface area contributed by atoms with Crippen LogP contribution in [0.2, 0.25) is 0 Å². The zero-order valence-electron chi connectivity index (χ0n) is 20.9. The third-order valence-electron chi connectivity index (χ3n) is 6.57. The summed E-state index contributed by atoms with van der Waals surface area (Å²) in [5.74, 6) is -1.70.